The first-order valence-corrected chi connectivity index (χ1v) is 7.99. The molecule has 2 saturated carbocycles. The van der Waals surface area contributed by atoms with E-state index in [1.807, 2.05) is 0 Å². The largest absolute Gasteiger partial charge is 0.337 e. The number of carbonyl (C=O) groups is 1. The molecule has 0 heterocycles. The highest BCUT2D eigenvalue weighted by Gasteiger charge is 2.39. The van der Waals surface area contributed by atoms with Gasteiger partial charge in [0.15, 0.2) is 0 Å². The van der Waals surface area contributed by atoms with E-state index < -0.39 is 0 Å². The van der Waals surface area contributed by atoms with E-state index in [0.29, 0.717) is 18.0 Å². The number of amides is 1. The first-order valence-electron chi connectivity index (χ1n) is 7.99. The monoisotopic (exact) mass is 251 g/mol. The van der Waals surface area contributed by atoms with Crippen molar-refractivity contribution in [2.45, 2.75) is 84.2 Å². The van der Waals surface area contributed by atoms with E-state index in [1.165, 1.54) is 44.9 Å². The van der Waals surface area contributed by atoms with Crippen molar-refractivity contribution in [3.63, 3.8) is 0 Å². The minimum atomic E-state index is 0.217. The average molecular weight is 251 g/mol. The minimum absolute atomic E-state index is 0.217. The molecule has 2 nitrogen and oxygen atoms in total. The summed E-state index contributed by atoms with van der Waals surface area (Å²) < 4.78 is 0. The summed E-state index contributed by atoms with van der Waals surface area (Å²) in [6, 6.07) is 1.15. The Bertz CT molecular complexity index is 277. The molecular formula is C16H29NO. The molecule has 1 unspecified atom stereocenters. The van der Waals surface area contributed by atoms with Crippen LogP contribution in [0.25, 0.3) is 0 Å². The molecule has 1 amide bonds. The Balaban J connectivity index is 1.96. The van der Waals surface area contributed by atoms with Crippen molar-refractivity contribution in [3.8, 4) is 0 Å². The molecule has 2 aliphatic rings. The van der Waals surface area contributed by atoms with Crippen molar-refractivity contribution >= 4 is 5.91 Å². The van der Waals surface area contributed by atoms with E-state index in [-0.39, 0.29) is 5.92 Å². The van der Waals surface area contributed by atoms with E-state index in [9.17, 15) is 4.79 Å². The number of carbonyl (C=O) groups excluding carboxylic acids is 1. The highest BCUT2D eigenvalue weighted by atomic mass is 16.2. The molecule has 0 N–H and O–H groups in total. The highest BCUT2D eigenvalue weighted by Crippen LogP contribution is 2.37. The van der Waals surface area contributed by atoms with Gasteiger partial charge in [0.2, 0.25) is 5.91 Å². The van der Waals surface area contributed by atoms with E-state index in [2.05, 4.69) is 25.7 Å². The molecule has 2 fully saturated rings. The molecule has 104 valence electrons. The standard InChI is InChI=1S/C16H29NO/c1-4-12(3)16(18)17(15-10-11-15)14-8-6-13(5-2)7-9-14/h12-15H,4-11H2,1-3H3. The average Bonchev–Trinajstić information content (AvgIpc) is 3.23. The molecule has 0 aromatic carbocycles. The molecule has 2 heteroatoms. The fourth-order valence-corrected chi connectivity index (χ4v) is 3.27. The van der Waals surface area contributed by atoms with Crippen LogP contribution in [0.5, 0.6) is 0 Å². The van der Waals surface area contributed by atoms with Gasteiger partial charge in [0.1, 0.15) is 0 Å². The summed E-state index contributed by atoms with van der Waals surface area (Å²) in [5.74, 6) is 1.57. The summed E-state index contributed by atoms with van der Waals surface area (Å²) in [6.07, 6.45) is 9.94. The Morgan fingerprint density at radius 1 is 1.06 bits per heavy atom. The van der Waals surface area contributed by atoms with E-state index in [0.717, 1.165) is 12.3 Å². The summed E-state index contributed by atoms with van der Waals surface area (Å²) in [7, 11) is 0. The second-order valence-corrected chi connectivity index (χ2v) is 6.37. The second kappa shape index (κ2) is 6.08. The van der Waals surface area contributed by atoms with E-state index in [1.54, 1.807) is 0 Å². The van der Waals surface area contributed by atoms with Crippen LogP contribution in [0.4, 0.5) is 0 Å². The van der Waals surface area contributed by atoms with Crippen LogP contribution in [0.2, 0.25) is 0 Å². The van der Waals surface area contributed by atoms with Gasteiger partial charge >= 0.3 is 0 Å². The van der Waals surface area contributed by atoms with E-state index in [4.69, 9.17) is 0 Å². The van der Waals surface area contributed by atoms with Gasteiger partial charge < -0.3 is 4.90 Å². The topological polar surface area (TPSA) is 20.3 Å². The third-order valence-electron chi connectivity index (χ3n) is 5.02. The fraction of sp³-hybridized carbons (Fsp3) is 0.938. The van der Waals surface area contributed by atoms with Crippen molar-refractivity contribution in [2.24, 2.45) is 11.8 Å². The lowest BCUT2D eigenvalue weighted by molar-refractivity contribution is -0.139. The molecule has 0 saturated heterocycles. The summed E-state index contributed by atoms with van der Waals surface area (Å²) >= 11 is 0. The SMILES string of the molecule is CCC1CCC(N(C(=O)C(C)CC)C2CC2)CC1. The molecule has 0 aromatic rings. The zero-order valence-electron chi connectivity index (χ0n) is 12.3. The Labute approximate surface area is 112 Å². The first-order chi connectivity index (χ1) is 8.67. The fourth-order valence-electron chi connectivity index (χ4n) is 3.27. The van der Waals surface area contributed by atoms with Gasteiger partial charge in [-0.15, -0.1) is 0 Å². The predicted octanol–water partition coefficient (Wildman–Crippen LogP) is 3.99. The molecule has 0 spiro atoms. The summed E-state index contributed by atoms with van der Waals surface area (Å²) in [4.78, 5) is 14.8. The molecule has 0 bridgehead atoms. The van der Waals surface area contributed by atoms with Crippen molar-refractivity contribution in [3.05, 3.63) is 0 Å². The highest BCUT2D eigenvalue weighted by molar-refractivity contribution is 5.79. The minimum Gasteiger partial charge on any atom is -0.337 e. The van der Waals surface area contributed by atoms with Gasteiger partial charge in [-0.05, 0) is 50.9 Å². The molecule has 2 aliphatic carbocycles. The van der Waals surface area contributed by atoms with Crippen LogP contribution >= 0.6 is 0 Å². The summed E-state index contributed by atoms with van der Waals surface area (Å²) in [5, 5.41) is 0. The van der Waals surface area contributed by atoms with Gasteiger partial charge in [0, 0.05) is 18.0 Å². The van der Waals surface area contributed by atoms with Crippen LogP contribution in [-0.2, 0) is 4.79 Å². The smallest absolute Gasteiger partial charge is 0.225 e. The quantitative estimate of drug-likeness (QED) is 0.723. The van der Waals surface area contributed by atoms with Crippen LogP contribution in [0.15, 0.2) is 0 Å². The zero-order valence-corrected chi connectivity index (χ0v) is 12.3. The Kier molecular flexibility index (Phi) is 4.69. The molecule has 18 heavy (non-hydrogen) atoms. The van der Waals surface area contributed by atoms with Gasteiger partial charge in [-0.1, -0.05) is 27.2 Å². The van der Waals surface area contributed by atoms with Gasteiger partial charge in [-0.2, -0.15) is 0 Å². The summed E-state index contributed by atoms with van der Waals surface area (Å²) in [6.45, 7) is 6.52. The van der Waals surface area contributed by atoms with Crippen molar-refractivity contribution in [1.29, 1.82) is 0 Å². The molecule has 0 aliphatic heterocycles. The number of nitrogens with zero attached hydrogens (tertiary/aromatic N) is 1. The molecule has 0 aromatic heterocycles. The lowest BCUT2D eigenvalue weighted by atomic mass is 9.83. The number of hydrogen-bond donors (Lipinski definition) is 0. The van der Waals surface area contributed by atoms with Crippen molar-refractivity contribution < 1.29 is 4.79 Å². The summed E-state index contributed by atoms with van der Waals surface area (Å²) in [5.41, 5.74) is 0. The maximum Gasteiger partial charge on any atom is 0.225 e. The zero-order chi connectivity index (χ0) is 13.1. The lowest BCUT2D eigenvalue weighted by Crippen LogP contribution is -2.46. The van der Waals surface area contributed by atoms with Crippen LogP contribution in [0, 0.1) is 11.8 Å². The van der Waals surface area contributed by atoms with Gasteiger partial charge in [-0.3, -0.25) is 4.79 Å². The van der Waals surface area contributed by atoms with Crippen LogP contribution in [-0.4, -0.2) is 22.9 Å². The Hall–Kier alpha value is -0.530. The number of rotatable bonds is 5. The third kappa shape index (κ3) is 3.07. The van der Waals surface area contributed by atoms with Gasteiger partial charge in [-0.25, -0.2) is 0 Å². The lowest BCUT2D eigenvalue weighted by Gasteiger charge is -2.38. The molecule has 2 rings (SSSR count). The van der Waals surface area contributed by atoms with Crippen molar-refractivity contribution in [1.82, 2.24) is 4.90 Å². The third-order valence-corrected chi connectivity index (χ3v) is 5.02. The second-order valence-electron chi connectivity index (χ2n) is 6.37. The molecular weight excluding hydrogens is 222 g/mol. The van der Waals surface area contributed by atoms with Gasteiger partial charge in [0.25, 0.3) is 0 Å². The predicted molar refractivity (Wildman–Crippen MR) is 75.4 cm³/mol. The molecule has 1 atom stereocenters. The molecule has 0 radical (unpaired) electrons. The maximum atomic E-state index is 12.5. The van der Waals surface area contributed by atoms with Crippen LogP contribution in [0.3, 0.4) is 0 Å². The first kappa shape index (κ1) is 13.9. The van der Waals surface area contributed by atoms with Crippen LogP contribution in [0.1, 0.15) is 72.1 Å². The normalized spacial score (nSPS) is 29.9. The Morgan fingerprint density at radius 3 is 1.94 bits per heavy atom. The van der Waals surface area contributed by atoms with E-state index >= 15 is 0 Å². The van der Waals surface area contributed by atoms with Crippen LogP contribution < -0.4 is 0 Å². The Morgan fingerprint density at radius 2 is 1.56 bits per heavy atom. The van der Waals surface area contributed by atoms with Gasteiger partial charge in [0.05, 0.1) is 0 Å². The maximum absolute atomic E-state index is 12.5. The number of hydrogen-bond acceptors (Lipinski definition) is 1. The van der Waals surface area contributed by atoms with Crippen molar-refractivity contribution in [2.75, 3.05) is 0 Å².